The minimum Gasteiger partial charge on any atom is -0.368 e. The first-order chi connectivity index (χ1) is 9.82. The number of hydrogen-bond donors (Lipinski definition) is 2. The van der Waals surface area contributed by atoms with Crippen LogP contribution in [0.25, 0.3) is 0 Å². The molecule has 0 aromatic heterocycles. The minimum atomic E-state index is -0.624. The van der Waals surface area contributed by atoms with Crippen molar-refractivity contribution in [3.63, 3.8) is 0 Å². The number of amides is 1. The molecule has 1 amide bonds. The van der Waals surface area contributed by atoms with Gasteiger partial charge >= 0.3 is 0 Å². The Bertz CT molecular complexity index is 361. The van der Waals surface area contributed by atoms with Crippen LogP contribution in [0.1, 0.15) is 47.0 Å². The van der Waals surface area contributed by atoms with Gasteiger partial charge in [-0.3, -0.25) is 14.6 Å². The van der Waals surface area contributed by atoms with Crippen LogP contribution in [-0.2, 0) is 4.79 Å². The molecule has 2 atom stereocenters. The fourth-order valence-corrected chi connectivity index (χ4v) is 3.57. The van der Waals surface area contributed by atoms with E-state index in [2.05, 4.69) is 35.9 Å². The molecular formula is C16H32N4O. The van der Waals surface area contributed by atoms with Gasteiger partial charge in [-0.2, -0.15) is 0 Å². The lowest BCUT2D eigenvalue weighted by atomic mass is 9.91. The molecule has 0 radical (unpaired) electrons. The molecule has 1 heterocycles. The first-order valence-corrected chi connectivity index (χ1v) is 8.37. The third-order valence-corrected chi connectivity index (χ3v) is 4.89. The summed E-state index contributed by atoms with van der Waals surface area (Å²) in [6, 6.07) is 1.48. The summed E-state index contributed by atoms with van der Waals surface area (Å²) in [4.78, 5) is 17.0. The number of piperazine rings is 1. The number of hydrogen-bond acceptors (Lipinski definition) is 4. The molecule has 2 aliphatic rings. The van der Waals surface area contributed by atoms with Crippen molar-refractivity contribution in [3.8, 4) is 0 Å². The van der Waals surface area contributed by atoms with Crippen LogP contribution in [0.5, 0.6) is 0 Å². The highest BCUT2D eigenvalue weighted by atomic mass is 16.1. The quantitative estimate of drug-likeness (QED) is 0.729. The number of nitrogens with two attached hydrogens (primary N) is 1. The van der Waals surface area contributed by atoms with E-state index < -0.39 is 5.54 Å². The molecule has 0 spiro atoms. The summed E-state index contributed by atoms with van der Waals surface area (Å²) < 4.78 is 0. The van der Waals surface area contributed by atoms with Crippen LogP contribution < -0.4 is 11.1 Å². The SMILES string of the molecule is CC(C)NC(C)(CC(C)N1CCN(C2CC2)CC1)C(N)=O. The van der Waals surface area contributed by atoms with Crippen molar-refractivity contribution in [2.45, 2.75) is 70.6 Å². The van der Waals surface area contributed by atoms with Crippen LogP contribution in [0.3, 0.4) is 0 Å². The number of rotatable bonds is 7. The zero-order valence-electron chi connectivity index (χ0n) is 14.1. The Hall–Kier alpha value is -0.650. The lowest BCUT2D eigenvalue weighted by Gasteiger charge is -2.41. The Labute approximate surface area is 129 Å². The lowest BCUT2D eigenvalue weighted by molar-refractivity contribution is -0.125. The predicted molar refractivity (Wildman–Crippen MR) is 86.1 cm³/mol. The van der Waals surface area contributed by atoms with E-state index in [4.69, 9.17) is 5.73 Å². The van der Waals surface area contributed by atoms with Crippen molar-refractivity contribution in [1.82, 2.24) is 15.1 Å². The molecule has 21 heavy (non-hydrogen) atoms. The maximum atomic E-state index is 11.9. The highest BCUT2D eigenvalue weighted by molar-refractivity contribution is 5.84. The molecule has 1 aliphatic heterocycles. The molecule has 2 unspecified atom stereocenters. The standard InChI is InChI=1S/C16H32N4O/c1-12(2)18-16(4,15(17)21)11-13(3)19-7-9-20(10-8-19)14-5-6-14/h12-14,18H,5-11H2,1-4H3,(H2,17,21). The van der Waals surface area contributed by atoms with Crippen LogP contribution in [0.2, 0.25) is 0 Å². The van der Waals surface area contributed by atoms with Gasteiger partial charge in [-0.1, -0.05) is 0 Å². The first-order valence-electron chi connectivity index (χ1n) is 8.37. The third-order valence-electron chi connectivity index (χ3n) is 4.89. The fraction of sp³-hybridized carbons (Fsp3) is 0.938. The van der Waals surface area contributed by atoms with Crippen molar-refractivity contribution >= 4 is 5.91 Å². The van der Waals surface area contributed by atoms with Crippen molar-refractivity contribution < 1.29 is 4.79 Å². The van der Waals surface area contributed by atoms with Gasteiger partial charge in [0.05, 0.1) is 5.54 Å². The molecule has 1 aliphatic carbocycles. The maximum absolute atomic E-state index is 11.9. The third kappa shape index (κ3) is 4.41. The Morgan fingerprint density at radius 3 is 2.24 bits per heavy atom. The summed E-state index contributed by atoms with van der Waals surface area (Å²) in [5, 5.41) is 3.35. The van der Waals surface area contributed by atoms with Crippen molar-refractivity contribution in [3.05, 3.63) is 0 Å². The fourth-order valence-electron chi connectivity index (χ4n) is 3.57. The van der Waals surface area contributed by atoms with E-state index in [1.165, 1.54) is 25.9 Å². The zero-order chi connectivity index (χ0) is 15.6. The molecule has 5 heteroatoms. The molecule has 5 nitrogen and oxygen atoms in total. The second-order valence-electron chi connectivity index (χ2n) is 7.35. The van der Waals surface area contributed by atoms with Crippen molar-refractivity contribution in [1.29, 1.82) is 0 Å². The van der Waals surface area contributed by atoms with E-state index in [1.807, 2.05) is 6.92 Å². The Kier molecular flexibility index (Phi) is 5.28. The van der Waals surface area contributed by atoms with Gasteiger partial charge in [-0.05, 0) is 47.0 Å². The van der Waals surface area contributed by atoms with Gasteiger partial charge in [-0.25, -0.2) is 0 Å². The van der Waals surface area contributed by atoms with E-state index in [0.717, 1.165) is 25.6 Å². The average Bonchev–Trinajstić information content (AvgIpc) is 3.22. The predicted octanol–water partition coefficient (Wildman–Crippen LogP) is 0.787. The van der Waals surface area contributed by atoms with E-state index in [-0.39, 0.29) is 11.9 Å². The van der Waals surface area contributed by atoms with Crippen LogP contribution in [0, 0.1) is 0 Å². The van der Waals surface area contributed by atoms with E-state index >= 15 is 0 Å². The number of primary amides is 1. The van der Waals surface area contributed by atoms with Crippen molar-refractivity contribution in [2.75, 3.05) is 26.2 Å². The first kappa shape index (κ1) is 16.7. The molecule has 2 rings (SSSR count). The van der Waals surface area contributed by atoms with Gasteiger partial charge < -0.3 is 11.1 Å². The summed E-state index contributed by atoms with van der Waals surface area (Å²) in [5.41, 5.74) is 5.02. The maximum Gasteiger partial charge on any atom is 0.237 e. The Morgan fingerprint density at radius 1 is 1.24 bits per heavy atom. The molecule has 0 bridgehead atoms. The van der Waals surface area contributed by atoms with Crippen LogP contribution in [0.15, 0.2) is 0 Å². The number of nitrogens with one attached hydrogen (secondary N) is 1. The molecule has 0 aromatic rings. The van der Waals surface area contributed by atoms with Gasteiger partial charge in [-0.15, -0.1) is 0 Å². The molecule has 0 aromatic carbocycles. The summed E-state index contributed by atoms with van der Waals surface area (Å²) >= 11 is 0. The van der Waals surface area contributed by atoms with Gasteiger partial charge in [0.2, 0.25) is 5.91 Å². The van der Waals surface area contributed by atoms with Crippen molar-refractivity contribution in [2.24, 2.45) is 5.73 Å². The van der Waals surface area contributed by atoms with Gasteiger partial charge in [0.25, 0.3) is 0 Å². The lowest BCUT2D eigenvalue weighted by Crippen LogP contribution is -2.59. The zero-order valence-corrected chi connectivity index (χ0v) is 14.1. The summed E-state index contributed by atoms with van der Waals surface area (Å²) in [6.45, 7) is 12.8. The van der Waals surface area contributed by atoms with Gasteiger partial charge in [0, 0.05) is 44.3 Å². The molecule has 2 fully saturated rings. The Morgan fingerprint density at radius 2 is 1.81 bits per heavy atom. The number of nitrogens with zero attached hydrogens (tertiary/aromatic N) is 2. The number of carbonyl (C=O) groups is 1. The van der Waals surface area contributed by atoms with E-state index in [0.29, 0.717) is 6.04 Å². The highest BCUT2D eigenvalue weighted by Crippen LogP contribution is 2.28. The normalized spacial score (nSPS) is 25.8. The molecular weight excluding hydrogens is 264 g/mol. The molecule has 1 saturated carbocycles. The molecule has 3 N–H and O–H groups in total. The summed E-state index contributed by atoms with van der Waals surface area (Å²) in [7, 11) is 0. The van der Waals surface area contributed by atoms with E-state index in [1.54, 1.807) is 0 Å². The van der Waals surface area contributed by atoms with Crippen LogP contribution >= 0.6 is 0 Å². The molecule has 1 saturated heterocycles. The average molecular weight is 296 g/mol. The Balaban J connectivity index is 1.86. The second kappa shape index (κ2) is 6.63. The highest BCUT2D eigenvalue weighted by Gasteiger charge is 2.37. The summed E-state index contributed by atoms with van der Waals surface area (Å²) in [5.74, 6) is -0.250. The molecule has 122 valence electrons. The summed E-state index contributed by atoms with van der Waals surface area (Å²) in [6.07, 6.45) is 3.53. The second-order valence-corrected chi connectivity index (χ2v) is 7.35. The monoisotopic (exact) mass is 296 g/mol. The largest absolute Gasteiger partial charge is 0.368 e. The topological polar surface area (TPSA) is 61.6 Å². The minimum absolute atomic E-state index is 0.250. The van der Waals surface area contributed by atoms with Crippen LogP contribution in [0.4, 0.5) is 0 Å². The van der Waals surface area contributed by atoms with Crippen LogP contribution in [-0.4, -0.2) is 65.6 Å². The smallest absolute Gasteiger partial charge is 0.237 e. The van der Waals surface area contributed by atoms with E-state index in [9.17, 15) is 4.79 Å². The number of carbonyl (C=O) groups excluding carboxylic acids is 1. The van der Waals surface area contributed by atoms with Gasteiger partial charge in [0.1, 0.15) is 0 Å². The van der Waals surface area contributed by atoms with Gasteiger partial charge in [0.15, 0.2) is 0 Å².